The lowest BCUT2D eigenvalue weighted by Crippen LogP contribution is -2.61. The summed E-state index contributed by atoms with van der Waals surface area (Å²) in [6.45, 7) is 8.05. The highest BCUT2D eigenvalue weighted by Crippen LogP contribution is 2.47. The zero-order chi connectivity index (χ0) is 26.5. The topological polar surface area (TPSA) is 74.6 Å². The fourth-order valence-corrected chi connectivity index (χ4v) is 6.14. The maximum atomic E-state index is 14.7. The van der Waals surface area contributed by atoms with Gasteiger partial charge in [0.15, 0.2) is 5.60 Å². The summed E-state index contributed by atoms with van der Waals surface area (Å²) in [5, 5.41) is 13.9. The van der Waals surface area contributed by atoms with Crippen LogP contribution in [0.4, 0.5) is 4.39 Å². The van der Waals surface area contributed by atoms with Crippen LogP contribution in [0.15, 0.2) is 41.6 Å². The Morgan fingerprint density at radius 3 is 2.58 bits per heavy atom. The minimum absolute atomic E-state index is 0.204. The molecule has 38 heavy (non-hydrogen) atoms. The largest absolute Gasteiger partial charge is 0.494 e. The van der Waals surface area contributed by atoms with E-state index in [1.54, 1.807) is 6.07 Å². The Kier molecular flexibility index (Phi) is 6.33. The molecule has 4 aliphatic rings. The summed E-state index contributed by atoms with van der Waals surface area (Å²) < 4.78 is 20.8. The quantitative estimate of drug-likeness (QED) is 0.537. The number of carbonyl (C=O) groups is 1. The van der Waals surface area contributed by atoms with E-state index in [-0.39, 0.29) is 11.4 Å². The smallest absolute Gasteiger partial charge is 0.309 e. The van der Waals surface area contributed by atoms with Crippen LogP contribution in [0.25, 0.3) is 11.1 Å². The number of halogens is 1. The Morgan fingerprint density at radius 1 is 1.18 bits per heavy atom. The number of benzene rings is 2. The van der Waals surface area contributed by atoms with Gasteiger partial charge < -0.3 is 19.6 Å². The SMILES string of the molecule is CCOc1cc(-c2ccccc2F)c(C2CC2)cc1CN1CC2(CC(N3CCC(C)(C(=O)O)CC3)=NO2)C1. The van der Waals surface area contributed by atoms with Gasteiger partial charge in [0.05, 0.1) is 18.4 Å². The number of nitrogens with zero attached hydrogens (tertiary/aromatic N) is 3. The lowest BCUT2D eigenvalue weighted by Gasteiger charge is -2.46. The Bertz CT molecular complexity index is 1260. The molecule has 8 heteroatoms. The van der Waals surface area contributed by atoms with Crippen molar-refractivity contribution in [3.05, 3.63) is 53.3 Å². The molecule has 0 atom stereocenters. The van der Waals surface area contributed by atoms with Crippen molar-refractivity contribution in [3.8, 4) is 16.9 Å². The van der Waals surface area contributed by atoms with E-state index in [0.29, 0.717) is 44.0 Å². The van der Waals surface area contributed by atoms with Crippen LogP contribution in [-0.2, 0) is 16.2 Å². The van der Waals surface area contributed by atoms with Crippen molar-refractivity contribution in [3.63, 3.8) is 0 Å². The third-order valence-electron chi connectivity index (χ3n) is 8.70. The molecule has 0 bridgehead atoms. The molecule has 0 aromatic heterocycles. The summed E-state index contributed by atoms with van der Waals surface area (Å²) in [4.78, 5) is 22.1. The first-order valence-corrected chi connectivity index (χ1v) is 13.8. The third kappa shape index (κ3) is 4.64. The van der Waals surface area contributed by atoms with E-state index in [4.69, 9.17) is 9.57 Å². The molecular formula is C30H36FN3O4. The molecule has 1 N–H and O–H groups in total. The molecule has 202 valence electrons. The highest BCUT2D eigenvalue weighted by molar-refractivity contribution is 5.85. The fourth-order valence-electron chi connectivity index (χ4n) is 6.14. The molecule has 3 heterocycles. The van der Waals surface area contributed by atoms with Crippen LogP contribution in [0.1, 0.15) is 63.0 Å². The summed E-state index contributed by atoms with van der Waals surface area (Å²) >= 11 is 0. The number of ether oxygens (including phenoxy) is 1. The number of carboxylic acid groups (broad SMARTS) is 1. The molecule has 6 rings (SSSR count). The van der Waals surface area contributed by atoms with Gasteiger partial charge in [0.1, 0.15) is 17.4 Å². The Hall–Kier alpha value is -3.13. The number of rotatable bonds is 7. The zero-order valence-corrected chi connectivity index (χ0v) is 22.2. The molecule has 1 spiro atoms. The van der Waals surface area contributed by atoms with Crippen molar-refractivity contribution in [2.75, 3.05) is 32.8 Å². The van der Waals surface area contributed by atoms with Crippen LogP contribution >= 0.6 is 0 Å². The van der Waals surface area contributed by atoms with E-state index in [9.17, 15) is 14.3 Å². The summed E-state index contributed by atoms with van der Waals surface area (Å²) in [5.41, 5.74) is 2.96. The zero-order valence-electron chi connectivity index (χ0n) is 22.2. The van der Waals surface area contributed by atoms with Crippen molar-refractivity contribution in [2.45, 2.75) is 64.0 Å². The monoisotopic (exact) mass is 521 g/mol. The van der Waals surface area contributed by atoms with Gasteiger partial charge in [0, 0.05) is 43.9 Å². The fraction of sp³-hybridized carbons (Fsp3) is 0.533. The maximum absolute atomic E-state index is 14.7. The first-order chi connectivity index (χ1) is 18.3. The number of oxime groups is 1. The average Bonchev–Trinajstić information content (AvgIpc) is 3.64. The second-order valence-corrected chi connectivity index (χ2v) is 11.7. The maximum Gasteiger partial charge on any atom is 0.309 e. The molecule has 1 saturated carbocycles. The number of hydrogen-bond donors (Lipinski definition) is 1. The predicted molar refractivity (Wildman–Crippen MR) is 143 cm³/mol. The number of aliphatic carboxylic acids is 1. The summed E-state index contributed by atoms with van der Waals surface area (Å²) in [6, 6.07) is 11.3. The van der Waals surface area contributed by atoms with Crippen molar-refractivity contribution in [1.82, 2.24) is 9.80 Å². The van der Waals surface area contributed by atoms with E-state index < -0.39 is 11.4 Å². The van der Waals surface area contributed by atoms with Crippen molar-refractivity contribution in [1.29, 1.82) is 0 Å². The van der Waals surface area contributed by atoms with Gasteiger partial charge in [-0.25, -0.2) is 4.39 Å². The number of piperidine rings is 1. The van der Waals surface area contributed by atoms with Gasteiger partial charge in [-0.1, -0.05) is 23.4 Å². The molecular weight excluding hydrogens is 485 g/mol. The minimum Gasteiger partial charge on any atom is -0.494 e. The molecule has 7 nitrogen and oxygen atoms in total. The highest BCUT2D eigenvalue weighted by Gasteiger charge is 2.51. The van der Waals surface area contributed by atoms with E-state index in [1.165, 1.54) is 11.6 Å². The number of carboxylic acids is 1. The van der Waals surface area contributed by atoms with Gasteiger partial charge in [-0.3, -0.25) is 9.69 Å². The van der Waals surface area contributed by atoms with Crippen molar-refractivity contribution >= 4 is 11.8 Å². The normalized spacial score (nSPS) is 22.1. The molecule has 1 aliphatic carbocycles. The van der Waals surface area contributed by atoms with E-state index >= 15 is 0 Å². The first-order valence-electron chi connectivity index (χ1n) is 13.8. The Labute approximate surface area is 223 Å². The van der Waals surface area contributed by atoms with E-state index in [2.05, 4.69) is 21.0 Å². The molecule has 0 amide bonds. The van der Waals surface area contributed by atoms with Crippen molar-refractivity contribution < 1.29 is 23.9 Å². The van der Waals surface area contributed by atoms with Gasteiger partial charge in [-0.15, -0.1) is 0 Å². The van der Waals surface area contributed by atoms with Crippen LogP contribution < -0.4 is 4.74 Å². The minimum atomic E-state index is -0.717. The van der Waals surface area contributed by atoms with Gasteiger partial charge in [0.2, 0.25) is 0 Å². The molecule has 2 aromatic carbocycles. The average molecular weight is 522 g/mol. The summed E-state index contributed by atoms with van der Waals surface area (Å²) in [6.07, 6.45) is 4.26. The number of hydrogen-bond acceptors (Lipinski definition) is 6. The van der Waals surface area contributed by atoms with E-state index in [1.807, 2.05) is 32.0 Å². The Morgan fingerprint density at radius 2 is 1.92 bits per heavy atom. The number of likely N-dealkylation sites (tertiary alicyclic amines) is 2. The van der Waals surface area contributed by atoms with Crippen molar-refractivity contribution in [2.24, 2.45) is 10.6 Å². The van der Waals surface area contributed by atoms with Gasteiger partial charge in [-0.05, 0) is 74.8 Å². The molecule has 3 fully saturated rings. The second kappa shape index (κ2) is 9.56. The van der Waals surface area contributed by atoms with E-state index in [0.717, 1.165) is 61.6 Å². The van der Waals surface area contributed by atoms with Crippen LogP contribution in [0.3, 0.4) is 0 Å². The van der Waals surface area contributed by atoms with Crippen LogP contribution in [0.2, 0.25) is 0 Å². The number of amidine groups is 1. The molecule has 0 unspecified atom stereocenters. The predicted octanol–water partition coefficient (Wildman–Crippen LogP) is 5.24. The molecule has 2 saturated heterocycles. The molecule has 0 radical (unpaired) electrons. The first kappa shape index (κ1) is 25.2. The summed E-state index contributed by atoms with van der Waals surface area (Å²) in [7, 11) is 0. The lowest BCUT2D eigenvalue weighted by atomic mass is 9.80. The van der Waals surface area contributed by atoms with Crippen LogP contribution in [0, 0.1) is 11.2 Å². The standard InChI is InChI=1S/C30H36FN3O4/c1-3-37-26-15-24(22-6-4-5-7-25(22)31)23(20-8-9-20)14-21(26)17-33-18-30(19-33)16-27(32-38-30)34-12-10-29(2,11-13-34)28(35)36/h4-7,14-15,20H,3,8-13,16-19H2,1-2H3,(H,35,36). The van der Waals surface area contributed by atoms with Gasteiger partial charge >= 0.3 is 5.97 Å². The van der Waals surface area contributed by atoms with Crippen LogP contribution in [0.5, 0.6) is 5.75 Å². The highest BCUT2D eigenvalue weighted by atomic mass is 19.1. The van der Waals surface area contributed by atoms with Gasteiger partial charge in [0.25, 0.3) is 0 Å². The second-order valence-electron chi connectivity index (χ2n) is 11.7. The summed E-state index contributed by atoms with van der Waals surface area (Å²) in [5.74, 6) is 1.31. The van der Waals surface area contributed by atoms with Crippen LogP contribution in [-0.4, -0.2) is 65.1 Å². The van der Waals surface area contributed by atoms with Gasteiger partial charge in [-0.2, -0.15) is 0 Å². The Balaban J connectivity index is 1.13. The molecule has 3 aliphatic heterocycles. The molecule has 2 aromatic rings. The lowest BCUT2D eigenvalue weighted by molar-refractivity contribution is -0.150. The third-order valence-corrected chi connectivity index (χ3v) is 8.70.